The number of hydrogen-bond donors (Lipinski definition) is 1. The second kappa shape index (κ2) is 10.0. The van der Waals surface area contributed by atoms with Crippen molar-refractivity contribution in [2.75, 3.05) is 31.5 Å². The minimum atomic E-state index is -0.339. The lowest BCUT2D eigenvalue weighted by Crippen LogP contribution is -2.46. The van der Waals surface area contributed by atoms with Gasteiger partial charge in [-0.05, 0) is 44.9 Å². The van der Waals surface area contributed by atoms with Crippen LogP contribution in [0, 0.1) is 5.92 Å². The van der Waals surface area contributed by atoms with Crippen LogP contribution in [0.2, 0.25) is 5.02 Å². The molecule has 30 heavy (non-hydrogen) atoms. The highest BCUT2D eigenvalue weighted by Gasteiger charge is 2.31. The van der Waals surface area contributed by atoms with E-state index in [0.29, 0.717) is 41.9 Å². The van der Waals surface area contributed by atoms with Crippen molar-refractivity contribution in [1.29, 1.82) is 0 Å². The maximum Gasteiger partial charge on any atom is 0.273 e. The van der Waals surface area contributed by atoms with Gasteiger partial charge >= 0.3 is 0 Å². The zero-order chi connectivity index (χ0) is 21.7. The molecule has 1 aromatic heterocycles. The van der Waals surface area contributed by atoms with Crippen LogP contribution in [0.4, 0.5) is 5.13 Å². The monoisotopic (exact) mass is 448 g/mol. The van der Waals surface area contributed by atoms with Crippen LogP contribution in [0.3, 0.4) is 0 Å². The van der Waals surface area contributed by atoms with Crippen molar-refractivity contribution in [1.82, 2.24) is 14.8 Å². The molecule has 1 saturated heterocycles. The van der Waals surface area contributed by atoms with Crippen LogP contribution in [0.1, 0.15) is 47.5 Å². The molecular weight excluding hydrogens is 424 g/mol. The molecule has 3 amide bonds. The summed E-state index contributed by atoms with van der Waals surface area (Å²) in [6.07, 6.45) is 1.57. The molecule has 1 fully saturated rings. The molecule has 1 aromatic carbocycles. The number of likely N-dealkylation sites (tertiary alicyclic amines) is 1. The molecule has 2 aromatic rings. The highest BCUT2D eigenvalue weighted by Crippen LogP contribution is 2.23. The van der Waals surface area contributed by atoms with Crippen LogP contribution in [0.5, 0.6) is 0 Å². The SMILES string of the molecule is CCN(CC)C(=O)[C@H]1CCCN(C(=O)c2csc(NC(=O)c3cccc(Cl)c3)n2)C1. The maximum atomic E-state index is 12.9. The number of nitrogens with zero attached hydrogens (tertiary/aromatic N) is 3. The Balaban J connectivity index is 1.64. The normalized spacial score (nSPS) is 16.2. The highest BCUT2D eigenvalue weighted by atomic mass is 35.5. The Morgan fingerprint density at radius 2 is 2.07 bits per heavy atom. The van der Waals surface area contributed by atoms with E-state index in [0.717, 1.165) is 12.8 Å². The van der Waals surface area contributed by atoms with Gasteiger partial charge in [0.25, 0.3) is 11.8 Å². The average Bonchev–Trinajstić information content (AvgIpc) is 3.22. The molecule has 0 spiro atoms. The quantitative estimate of drug-likeness (QED) is 0.729. The first-order chi connectivity index (χ1) is 14.4. The van der Waals surface area contributed by atoms with Gasteiger partial charge in [0.1, 0.15) is 5.69 Å². The molecule has 1 aliphatic rings. The molecule has 3 rings (SSSR count). The number of aromatic nitrogens is 1. The Labute approximate surface area is 185 Å². The maximum absolute atomic E-state index is 12.9. The number of carbonyl (C=O) groups excluding carboxylic acids is 3. The Bertz CT molecular complexity index is 928. The van der Waals surface area contributed by atoms with E-state index in [1.165, 1.54) is 11.3 Å². The van der Waals surface area contributed by atoms with Crippen molar-refractivity contribution in [2.45, 2.75) is 26.7 Å². The van der Waals surface area contributed by atoms with E-state index < -0.39 is 0 Å². The summed E-state index contributed by atoms with van der Waals surface area (Å²) >= 11 is 7.12. The number of rotatable bonds is 6. The lowest BCUT2D eigenvalue weighted by molar-refractivity contribution is -0.136. The second-order valence-corrected chi connectivity index (χ2v) is 8.40. The van der Waals surface area contributed by atoms with Crippen molar-refractivity contribution < 1.29 is 14.4 Å². The third kappa shape index (κ3) is 5.17. The van der Waals surface area contributed by atoms with Gasteiger partial charge in [-0.3, -0.25) is 19.7 Å². The van der Waals surface area contributed by atoms with Gasteiger partial charge in [-0.1, -0.05) is 17.7 Å². The second-order valence-electron chi connectivity index (χ2n) is 7.10. The zero-order valence-electron chi connectivity index (χ0n) is 17.1. The van der Waals surface area contributed by atoms with Gasteiger partial charge in [0, 0.05) is 42.1 Å². The number of anilines is 1. The number of amides is 3. The van der Waals surface area contributed by atoms with E-state index in [-0.39, 0.29) is 29.3 Å². The molecule has 1 N–H and O–H groups in total. The van der Waals surface area contributed by atoms with Crippen molar-refractivity contribution in [3.8, 4) is 0 Å². The molecule has 0 bridgehead atoms. The summed E-state index contributed by atoms with van der Waals surface area (Å²) in [4.78, 5) is 45.7. The predicted octanol–water partition coefficient (Wildman–Crippen LogP) is 3.77. The topological polar surface area (TPSA) is 82.6 Å². The van der Waals surface area contributed by atoms with Crippen LogP contribution in [0.25, 0.3) is 0 Å². The van der Waals surface area contributed by atoms with E-state index in [9.17, 15) is 14.4 Å². The molecule has 0 aliphatic carbocycles. The van der Waals surface area contributed by atoms with E-state index in [1.54, 1.807) is 34.5 Å². The van der Waals surface area contributed by atoms with E-state index >= 15 is 0 Å². The Hall–Kier alpha value is -2.45. The van der Waals surface area contributed by atoms with Crippen LogP contribution in [-0.2, 0) is 4.79 Å². The number of nitrogens with one attached hydrogen (secondary N) is 1. The van der Waals surface area contributed by atoms with Gasteiger partial charge in [0.15, 0.2) is 5.13 Å². The molecule has 0 unspecified atom stereocenters. The molecule has 0 saturated carbocycles. The molecule has 160 valence electrons. The summed E-state index contributed by atoms with van der Waals surface area (Å²) in [7, 11) is 0. The van der Waals surface area contributed by atoms with Gasteiger partial charge in [0.05, 0.1) is 5.92 Å². The van der Waals surface area contributed by atoms with Gasteiger partial charge in [-0.15, -0.1) is 11.3 Å². The molecule has 9 heteroatoms. The number of benzene rings is 1. The fourth-order valence-electron chi connectivity index (χ4n) is 3.55. The molecule has 1 atom stereocenters. The van der Waals surface area contributed by atoms with Crippen molar-refractivity contribution in [2.24, 2.45) is 5.92 Å². The van der Waals surface area contributed by atoms with E-state index in [1.807, 2.05) is 18.7 Å². The summed E-state index contributed by atoms with van der Waals surface area (Å²) < 4.78 is 0. The number of thiazole rings is 1. The van der Waals surface area contributed by atoms with Gasteiger partial charge < -0.3 is 9.80 Å². The molecular formula is C21H25ClN4O3S. The van der Waals surface area contributed by atoms with Crippen LogP contribution in [0.15, 0.2) is 29.6 Å². The van der Waals surface area contributed by atoms with E-state index in [2.05, 4.69) is 10.3 Å². The lowest BCUT2D eigenvalue weighted by Gasteiger charge is -2.34. The summed E-state index contributed by atoms with van der Waals surface area (Å²) in [6.45, 7) is 6.25. The van der Waals surface area contributed by atoms with Gasteiger partial charge in [-0.25, -0.2) is 4.98 Å². The van der Waals surface area contributed by atoms with Crippen molar-refractivity contribution in [3.63, 3.8) is 0 Å². The molecule has 0 radical (unpaired) electrons. The average molecular weight is 449 g/mol. The first-order valence-corrected chi connectivity index (χ1v) is 11.3. The number of carbonyl (C=O) groups is 3. The molecule has 1 aliphatic heterocycles. The fraction of sp³-hybridized carbons (Fsp3) is 0.429. The first-order valence-electron chi connectivity index (χ1n) is 10.0. The third-order valence-electron chi connectivity index (χ3n) is 5.16. The summed E-state index contributed by atoms with van der Waals surface area (Å²) in [5.74, 6) is -0.631. The third-order valence-corrected chi connectivity index (χ3v) is 6.16. The van der Waals surface area contributed by atoms with Crippen molar-refractivity contribution in [3.05, 3.63) is 45.9 Å². The minimum Gasteiger partial charge on any atom is -0.343 e. The lowest BCUT2D eigenvalue weighted by atomic mass is 9.96. The molecule has 7 nitrogen and oxygen atoms in total. The van der Waals surface area contributed by atoms with Crippen LogP contribution < -0.4 is 5.32 Å². The number of hydrogen-bond acceptors (Lipinski definition) is 5. The summed E-state index contributed by atoms with van der Waals surface area (Å²) in [5.41, 5.74) is 0.691. The molecule has 2 heterocycles. The standard InChI is InChI=1S/C21H25ClN4O3S/c1-3-25(4-2)19(28)15-8-6-10-26(12-15)20(29)17-13-30-21(23-17)24-18(27)14-7-5-9-16(22)11-14/h5,7,9,11,13,15H,3-4,6,8,10,12H2,1-2H3,(H,23,24,27)/t15-/m0/s1. The smallest absolute Gasteiger partial charge is 0.273 e. The minimum absolute atomic E-state index is 0.102. The van der Waals surface area contributed by atoms with E-state index in [4.69, 9.17) is 11.6 Å². The predicted molar refractivity (Wildman–Crippen MR) is 118 cm³/mol. The van der Waals surface area contributed by atoms with Gasteiger partial charge in [0.2, 0.25) is 5.91 Å². The fourth-order valence-corrected chi connectivity index (χ4v) is 4.42. The van der Waals surface area contributed by atoms with Gasteiger partial charge in [-0.2, -0.15) is 0 Å². The Kier molecular flexibility index (Phi) is 7.44. The Morgan fingerprint density at radius 3 is 2.77 bits per heavy atom. The number of halogens is 1. The summed E-state index contributed by atoms with van der Waals surface area (Å²) in [5, 5.41) is 5.14. The largest absolute Gasteiger partial charge is 0.343 e. The highest BCUT2D eigenvalue weighted by molar-refractivity contribution is 7.14. The first kappa shape index (κ1) is 22.2. The van der Waals surface area contributed by atoms with Crippen LogP contribution >= 0.6 is 22.9 Å². The zero-order valence-corrected chi connectivity index (χ0v) is 18.6. The number of piperidine rings is 1. The Morgan fingerprint density at radius 1 is 1.30 bits per heavy atom. The van der Waals surface area contributed by atoms with Crippen LogP contribution in [-0.4, -0.2) is 58.7 Å². The van der Waals surface area contributed by atoms with Crippen molar-refractivity contribution >= 4 is 45.8 Å². The summed E-state index contributed by atoms with van der Waals surface area (Å²) in [6, 6.07) is 6.61.